The highest BCUT2D eigenvalue weighted by molar-refractivity contribution is 7.99. The van der Waals surface area contributed by atoms with Gasteiger partial charge >= 0.3 is 0 Å². The fourth-order valence-electron chi connectivity index (χ4n) is 3.72. The van der Waals surface area contributed by atoms with Gasteiger partial charge in [-0.3, -0.25) is 14.6 Å². The number of amides is 2. The van der Waals surface area contributed by atoms with Crippen LogP contribution in [0.4, 0.5) is 0 Å². The predicted molar refractivity (Wildman–Crippen MR) is 105 cm³/mol. The first kappa shape index (κ1) is 19.2. The summed E-state index contributed by atoms with van der Waals surface area (Å²) in [5.41, 5.74) is 1.05. The number of pyridine rings is 1. The molecule has 0 bridgehead atoms. The maximum Gasteiger partial charge on any atom is 0.225 e. The maximum absolute atomic E-state index is 12.3. The number of nitrogens with zero attached hydrogens (tertiary/aromatic N) is 2. The summed E-state index contributed by atoms with van der Waals surface area (Å²) in [7, 11) is 0. The van der Waals surface area contributed by atoms with Crippen LogP contribution in [0.15, 0.2) is 24.5 Å². The molecule has 1 aliphatic carbocycles. The Hall–Kier alpha value is -1.56. The van der Waals surface area contributed by atoms with Crippen molar-refractivity contribution >= 4 is 23.6 Å². The molecular weight excluding hydrogens is 346 g/mol. The van der Waals surface area contributed by atoms with E-state index in [-0.39, 0.29) is 17.7 Å². The highest BCUT2D eigenvalue weighted by Crippen LogP contribution is 2.28. The molecule has 2 fully saturated rings. The number of aromatic nitrogens is 1. The number of carbonyl (C=O) groups is 2. The molecule has 3 rings (SSSR count). The van der Waals surface area contributed by atoms with E-state index in [1.807, 2.05) is 12.1 Å². The van der Waals surface area contributed by atoms with Crippen LogP contribution in [-0.4, -0.2) is 45.8 Å². The summed E-state index contributed by atoms with van der Waals surface area (Å²) >= 11 is 2.06. The molecule has 1 aromatic heterocycles. The molecule has 1 N–H and O–H groups in total. The van der Waals surface area contributed by atoms with Gasteiger partial charge in [0.05, 0.1) is 5.92 Å². The Morgan fingerprint density at radius 1 is 1.23 bits per heavy atom. The van der Waals surface area contributed by atoms with Crippen LogP contribution in [0.25, 0.3) is 0 Å². The van der Waals surface area contributed by atoms with E-state index in [0.717, 1.165) is 23.0 Å². The summed E-state index contributed by atoms with van der Waals surface area (Å²) in [6.07, 6.45) is 11.6. The van der Waals surface area contributed by atoms with Gasteiger partial charge in [-0.2, -0.15) is 11.8 Å². The van der Waals surface area contributed by atoms with Crippen molar-refractivity contribution in [2.45, 2.75) is 56.7 Å². The average Bonchev–Trinajstić information content (AvgIpc) is 3.03. The van der Waals surface area contributed by atoms with Crippen molar-refractivity contribution < 1.29 is 9.59 Å². The quantitative estimate of drug-likeness (QED) is 0.710. The Labute approximate surface area is 160 Å². The first-order valence-electron chi connectivity index (χ1n) is 9.78. The predicted octanol–water partition coefficient (Wildman–Crippen LogP) is 3.00. The van der Waals surface area contributed by atoms with E-state index in [1.54, 1.807) is 17.3 Å². The molecule has 2 heterocycles. The lowest BCUT2D eigenvalue weighted by Gasteiger charge is -2.21. The van der Waals surface area contributed by atoms with E-state index in [2.05, 4.69) is 22.1 Å². The van der Waals surface area contributed by atoms with Gasteiger partial charge in [0.25, 0.3) is 0 Å². The Balaban J connectivity index is 1.32. The lowest BCUT2D eigenvalue weighted by atomic mass is 10.0. The van der Waals surface area contributed by atoms with Crippen LogP contribution in [-0.2, 0) is 16.1 Å². The minimum Gasteiger partial charge on any atom is -0.356 e. The van der Waals surface area contributed by atoms with Gasteiger partial charge in [0.1, 0.15) is 0 Å². The normalized spacial score (nSPS) is 21.2. The van der Waals surface area contributed by atoms with Gasteiger partial charge in [-0.1, -0.05) is 19.3 Å². The molecule has 1 aromatic rings. The molecule has 1 atom stereocenters. The van der Waals surface area contributed by atoms with Crippen LogP contribution in [0, 0.1) is 5.92 Å². The van der Waals surface area contributed by atoms with E-state index in [1.165, 1.54) is 32.1 Å². The third-order valence-corrected chi connectivity index (χ3v) is 6.70. The monoisotopic (exact) mass is 375 g/mol. The smallest absolute Gasteiger partial charge is 0.225 e. The molecule has 0 radical (unpaired) electrons. The van der Waals surface area contributed by atoms with Gasteiger partial charge in [-0.15, -0.1) is 0 Å². The van der Waals surface area contributed by atoms with E-state index >= 15 is 0 Å². The Bertz CT molecular complexity index is 590. The number of nitrogens with one attached hydrogen (secondary N) is 1. The van der Waals surface area contributed by atoms with Crippen molar-refractivity contribution in [2.75, 3.05) is 18.8 Å². The SMILES string of the molecule is O=C(NCCCSC1CCCCC1)[C@H]1CC(=O)N(Cc2ccncc2)C1. The number of thioether (sulfide) groups is 1. The standard InChI is InChI=1S/C20H29N3O2S/c24-19-13-17(15-23(19)14-16-7-10-21-11-8-16)20(25)22-9-4-12-26-18-5-2-1-3-6-18/h7-8,10-11,17-18H,1-6,9,12-15H2,(H,22,25)/t17-/m0/s1. The minimum absolute atomic E-state index is 0.0262. The van der Waals surface area contributed by atoms with Gasteiger partial charge in [-0.25, -0.2) is 0 Å². The molecule has 0 aromatic carbocycles. The Morgan fingerprint density at radius 3 is 2.77 bits per heavy atom. The highest BCUT2D eigenvalue weighted by Gasteiger charge is 2.33. The molecule has 2 amide bonds. The van der Waals surface area contributed by atoms with Gasteiger partial charge in [0, 0.05) is 43.7 Å². The van der Waals surface area contributed by atoms with Crippen molar-refractivity contribution in [3.8, 4) is 0 Å². The van der Waals surface area contributed by atoms with E-state index in [4.69, 9.17) is 0 Å². The number of likely N-dealkylation sites (tertiary alicyclic amines) is 1. The van der Waals surface area contributed by atoms with Crippen molar-refractivity contribution in [1.82, 2.24) is 15.2 Å². The van der Waals surface area contributed by atoms with E-state index in [9.17, 15) is 9.59 Å². The van der Waals surface area contributed by atoms with Crippen molar-refractivity contribution in [3.63, 3.8) is 0 Å². The number of hydrogen-bond donors (Lipinski definition) is 1. The molecule has 0 spiro atoms. The fourth-order valence-corrected chi connectivity index (χ4v) is 5.03. The van der Waals surface area contributed by atoms with Gasteiger partial charge in [0.2, 0.25) is 11.8 Å². The fraction of sp³-hybridized carbons (Fsp3) is 0.650. The summed E-state index contributed by atoms with van der Waals surface area (Å²) in [6, 6.07) is 3.81. The summed E-state index contributed by atoms with van der Waals surface area (Å²) in [4.78, 5) is 30.3. The van der Waals surface area contributed by atoms with Gasteiger partial charge in [0.15, 0.2) is 0 Å². The second kappa shape index (κ2) is 9.95. The van der Waals surface area contributed by atoms with Crippen LogP contribution >= 0.6 is 11.8 Å². The average molecular weight is 376 g/mol. The summed E-state index contributed by atoms with van der Waals surface area (Å²) in [6.45, 7) is 1.79. The zero-order valence-electron chi connectivity index (χ0n) is 15.4. The molecule has 1 saturated heterocycles. The van der Waals surface area contributed by atoms with Gasteiger partial charge < -0.3 is 10.2 Å². The first-order valence-corrected chi connectivity index (χ1v) is 10.8. The van der Waals surface area contributed by atoms with E-state index < -0.39 is 0 Å². The molecule has 142 valence electrons. The van der Waals surface area contributed by atoms with Crippen LogP contribution in [0.1, 0.15) is 50.5 Å². The summed E-state index contributed by atoms with van der Waals surface area (Å²) in [5.74, 6) is 0.992. The third-order valence-electron chi connectivity index (χ3n) is 5.23. The second-order valence-corrected chi connectivity index (χ2v) is 8.71. The van der Waals surface area contributed by atoms with Crippen molar-refractivity contribution in [1.29, 1.82) is 0 Å². The Morgan fingerprint density at radius 2 is 2.00 bits per heavy atom. The van der Waals surface area contributed by atoms with Crippen LogP contribution in [0.2, 0.25) is 0 Å². The number of hydrogen-bond acceptors (Lipinski definition) is 4. The second-order valence-electron chi connectivity index (χ2n) is 7.31. The molecule has 1 saturated carbocycles. The minimum atomic E-state index is -0.213. The third kappa shape index (κ3) is 5.73. The lowest BCUT2D eigenvalue weighted by Crippen LogP contribution is -2.33. The topological polar surface area (TPSA) is 62.3 Å². The number of carbonyl (C=O) groups excluding carboxylic acids is 2. The molecule has 2 aliphatic rings. The zero-order chi connectivity index (χ0) is 18.2. The molecule has 0 unspecified atom stereocenters. The molecular formula is C20H29N3O2S. The van der Waals surface area contributed by atoms with Crippen LogP contribution in [0.5, 0.6) is 0 Å². The summed E-state index contributed by atoms with van der Waals surface area (Å²) < 4.78 is 0. The van der Waals surface area contributed by atoms with Gasteiger partial charge in [-0.05, 0) is 42.7 Å². The first-order chi connectivity index (χ1) is 12.7. The molecule has 6 heteroatoms. The van der Waals surface area contributed by atoms with E-state index in [0.29, 0.717) is 26.1 Å². The lowest BCUT2D eigenvalue weighted by molar-refractivity contribution is -0.129. The highest BCUT2D eigenvalue weighted by atomic mass is 32.2. The largest absolute Gasteiger partial charge is 0.356 e. The Kier molecular flexibility index (Phi) is 7.35. The maximum atomic E-state index is 12.3. The molecule has 5 nitrogen and oxygen atoms in total. The summed E-state index contributed by atoms with van der Waals surface area (Å²) in [5, 5.41) is 3.85. The van der Waals surface area contributed by atoms with Crippen molar-refractivity contribution in [2.24, 2.45) is 5.92 Å². The zero-order valence-corrected chi connectivity index (χ0v) is 16.2. The number of rotatable bonds is 8. The molecule has 1 aliphatic heterocycles. The van der Waals surface area contributed by atoms with Crippen LogP contribution < -0.4 is 5.32 Å². The van der Waals surface area contributed by atoms with Crippen LogP contribution in [0.3, 0.4) is 0 Å². The molecule has 26 heavy (non-hydrogen) atoms. The van der Waals surface area contributed by atoms with Crippen molar-refractivity contribution in [3.05, 3.63) is 30.1 Å².